The molecule has 194 valence electrons. The van der Waals surface area contributed by atoms with Crippen LogP contribution < -0.4 is 10.6 Å². The molecule has 2 amide bonds. The van der Waals surface area contributed by atoms with Crippen LogP contribution in [0.5, 0.6) is 0 Å². The summed E-state index contributed by atoms with van der Waals surface area (Å²) in [5.74, 6) is -1.38. The first-order valence-electron chi connectivity index (χ1n) is 12.5. The number of nitrogens with zero attached hydrogens (tertiary/aromatic N) is 1. The maximum Gasteiger partial charge on any atom is 0.326 e. The number of anilines is 1. The zero-order valence-electron chi connectivity index (χ0n) is 21.4. The molecule has 37 heavy (non-hydrogen) atoms. The molecule has 7 nitrogen and oxygen atoms in total. The molecule has 0 aliphatic carbocycles. The monoisotopic (exact) mass is 501 g/mol. The van der Waals surface area contributed by atoms with E-state index in [1.165, 1.54) is 11.8 Å². The van der Waals surface area contributed by atoms with Gasteiger partial charge in [0.15, 0.2) is 0 Å². The summed E-state index contributed by atoms with van der Waals surface area (Å²) in [6.45, 7) is 3.79. The first-order chi connectivity index (χ1) is 17.8. The lowest BCUT2D eigenvalue weighted by Crippen LogP contribution is -2.52. The van der Waals surface area contributed by atoms with E-state index in [1.807, 2.05) is 84.9 Å². The van der Waals surface area contributed by atoms with Gasteiger partial charge in [-0.05, 0) is 61.6 Å². The van der Waals surface area contributed by atoms with E-state index >= 15 is 0 Å². The van der Waals surface area contributed by atoms with Gasteiger partial charge in [-0.3, -0.25) is 9.59 Å². The minimum atomic E-state index is -1.04. The van der Waals surface area contributed by atoms with Gasteiger partial charge in [-0.2, -0.15) is 0 Å². The third-order valence-corrected chi connectivity index (χ3v) is 6.25. The second kappa shape index (κ2) is 13.9. The first kappa shape index (κ1) is 27.6. The van der Waals surface area contributed by atoms with Crippen LogP contribution in [0.25, 0.3) is 0 Å². The van der Waals surface area contributed by atoms with Crippen LogP contribution in [0.15, 0.2) is 84.9 Å². The van der Waals surface area contributed by atoms with Crippen molar-refractivity contribution in [2.75, 3.05) is 11.9 Å². The molecular formula is C30H35N3O4. The number of benzene rings is 3. The number of nitrogens with one attached hydrogen (secondary N) is 2. The smallest absolute Gasteiger partial charge is 0.326 e. The van der Waals surface area contributed by atoms with Crippen molar-refractivity contribution in [2.24, 2.45) is 0 Å². The molecule has 2 atom stereocenters. The fourth-order valence-electron chi connectivity index (χ4n) is 4.14. The van der Waals surface area contributed by atoms with E-state index < -0.39 is 18.1 Å². The lowest BCUT2D eigenvalue weighted by Gasteiger charge is -2.31. The quantitative estimate of drug-likeness (QED) is 0.325. The molecule has 0 unspecified atom stereocenters. The molecule has 0 aliphatic rings. The minimum absolute atomic E-state index is 0.121. The standard InChI is InChI=1S/C30H35N3O4/c1-22(30(36)37)33(21-26-11-7-4-8-12-26)29(35)28(18-15-24-9-5-3-6-10-24)31-20-19-25-13-16-27(17-14-25)32-23(2)34/h3-14,16-17,22,28,31H,15,18-21H2,1-2H3,(H,32,34)(H,36,37)/t22-,28+/m0/s1. The molecule has 3 rings (SSSR count). The van der Waals surface area contributed by atoms with Crippen molar-refractivity contribution in [2.45, 2.75) is 51.7 Å². The summed E-state index contributed by atoms with van der Waals surface area (Å²) in [7, 11) is 0. The van der Waals surface area contributed by atoms with E-state index in [1.54, 1.807) is 6.92 Å². The Bertz CT molecular complexity index is 1150. The molecule has 0 aromatic heterocycles. The van der Waals surface area contributed by atoms with Crippen molar-refractivity contribution in [3.05, 3.63) is 102 Å². The van der Waals surface area contributed by atoms with Crippen molar-refractivity contribution < 1.29 is 19.5 Å². The Balaban J connectivity index is 1.73. The van der Waals surface area contributed by atoms with Gasteiger partial charge in [-0.1, -0.05) is 72.8 Å². The summed E-state index contributed by atoms with van der Waals surface area (Å²) < 4.78 is 0. The maximum absolute atomic E-state index is 13.8. The average molecular weight is 502 g/mol. The lowest BCUT2D eigenvalue weighted by molar-refractivity contribution is -0.151. The number of carbonyl (C=O) groups is 3. The van der Waals surface area contributed by atoms with Gasteiger partial charge < -0.3 is 20.6 Å². The third-order valence-electron chi connectivity index (χ3n) is 6.25. The predicted molar refractivity (Wildman–Crippen MR) is 145 cm³/mol. The van der Waals surface area contributed by atoms with Crippen molar-refractivity contribution in [3.8, 4) is 0 Å². The number of hydrogen-bond acceptors (Lipinski definition) is 4. The topological polar surface area (TPSA) is 98.7 Å². The molecule has 0 saturated heterocycles. The van der Waals surface area contributed by atoms with Crippen LogP contribution in [-0.2, 0) is 33.8 Å². The molecule has 3 N–H and O–H groups in total. The number of amides is 2. The number of aliphatic carboxylic acids is 1. The van der Waals surface area contributed by atoms with Gasteiger partial charge >= 0.3 is 5.97 Å². The van der Waals surface area contributed by atoms with E-state index in [2.05, 4.69) is 10.6 Å². The Labute approximate surface area is 218 Å². The van der Waals surface area contributed by atoms with Crippen LogP contribution in [0.1, 0.15) is 37.0 Å². The highest BCUT2D eigenvalue weighted by Gasteiger charge is 2.30. The van der Waals surface area contributed by atoms with Crippen LogP contribution in [0.3, 0.4) is 0 Å². The number of carboxylic acid groups (broad SMARTS) is 1. The molecule has 7 heteroatoms. The Morgan fingerprint density at radius 3 is 1.95 bits per heavy atom. The molecular weight excluding hydrogens is 466 g/mol. The number of rotatable bonds is 13. The van der Waals surface area contributed by atoms with Gasteiger partial charge in [0.25, 0.3) is 0 Å². The zero-order valence-corrected chi connectivity index (χ0v) is 21.4. The van der Waals surface area contributed by atoms with Crippen molar-refractivity contribution >= 4 is 23.5 Å². The zero-order chi connectivity index (χ0) is 26.6. The highest BCUT2D eigenvalue weighted by atomic mass is 16.4. The van der Waals surface area contributed by atoms with Crippen molar-refractivity contribution in [1.82, 2.24) is 10.2 Å². The van der Waals surface area contributed by atoms with Gasteiger partial charge in [0.1, 0.15) is 6.04 Å². The second-order valence-corrected chi connectivity index (χ2v) is 9.13. The average Bonchev–Trinajstić information content (AvgIpc) is 2.90. The maximum atomic E-state index is 13.8. The number of carbonyl (C=O) groups excluding carboxylic acids is 2. The Kier molecular flexibility index (Phi) is 10.4. The van der Waals surface area contributed by atoms with Crippen LogP contribution in [0.4, 0.5) is 5.69 Å². The molecule has 3 aromatic rings. The van der Waals surface area contributed by atoms with Crippen LogP contribution in [-0.4, -0.2) is 46.4 Å². The van der Waals surface area contributed by atoms with Crippen LogP contribution >= 0.6 is 0 Å². The Hall–Kier alpha value is -3.97. The lowest BCUT2D eigenvalue weighted by atomic mass is 10.0. The fourth-order valence-corrected chi connectivity index (χ4v) is 4.14. The fraction of sp³-hybridized carbons (Fsp3) is 0.300. The molecule has 0 bridgehead atoms. The third kappa shape index (κ3) is 8.88. The number of hydrogen-bond donors (Lipinski definition) is 3. The van der Waals surface area contributed by atoms with E-state index in [-0.39, 0.29) is 18.4 Å². The van der Waals surface area contributed by atoms with E-state index in [0.29, 0.717) is 25.8 Å². The number of aryl methyl sites for hydroxylation is 1. The van der Waals surface area contributed by atoms with E-state index in [4.69, 9.17) is 0 Å². The second-order valence-electron chi connectivity index (χ2n) is 9.13. The largest absolute Gasteiger partial charge is 0.480 e. The van der Waals surface area contributed by atoms with Crippen molar-refractivity contribution in [1.29, 1.82) is 0 Å². The summed E-state index contributed by atoms with van der Waals surface area (Å²) in [4.78, 5) is 38.3. The molecule has 0 saturated carbocycles. The normalized spacial score (nSPS) is 12.4. The van der Waals surface area contributed by atoms with Gasteiger partial charge in [0, 0.05) is 19.2 Å². The first-order valence-corrected chi connectivity index (χ1v) is 12.5. The highest BCUT2D eigenvalue weighted by molar-refractivity contribution is 5.88. The molecule has 3 aromatic carbocycles. The molecule has 0 radical (unpaired) electrons. The van der Waals surface area contributed by atoms with Gasteiger partial charge in [-0.25, -0.2) is 4.79 Å². The summed E-state index contributed by atoms with van der Waals surface area (Å²) in [6, 6.07) is 25.5. The summed E-state index contributed by atoms with van der Waals surface area (Å²) >= 11 is 0. The summed E-state index contributed by atoms with van der Waals surface area (Å²) in [6.07, 6.45) is 1.92. The highest BCUT2D eigenvalue weighted by Crippen LogP contribution is 2.15. The predicted octanol–water partition coefficient (Wildman–Crippen LogP) is 4.28. The Morgan fingerprint density at radius 2 is 1.38 bits per heavy atom. The van der Waals surface area contributed by atoms with E-state index in [9.17, 15) is 19.5 Å². The minimum Gasteiger partial charge on any atom is -0.480 e. The summed E-state index contributed by atoms with van der Waals surface area (Å²) in [5.41, 5.74) is 3.80. The van der Waals surface area contributed by atoms with Crippen LogP contribution in [0.2, 0.25) is 0 Å². The molecule has 0 aliphatic heterocycles. The van der Waals surface area contributed by atoms with Gasteiger partial charge in [-0.15, -0.1) is 0 Å². The van der Waals surface area contributed by atoms with Crippen molar-refractivity contribution in [3.63, 3.8) is 0 Å². The van der Waals surface area contributed by atoms with Crippen LogP contribution in [0, 0.1) is 0 Å². The van der Waals surface area contributed by atoms with E-state index in [0.717, 1.165) is 22.4 Å². The number of carboxylic acids is 1. The van der Waals surface area contributed by atoms with Gasteiger partial charge in [0.2, 0.25) is 11.8 Å². The molecule has 0 spiro atoms. The SMILES string of the molecule is CC(=O)Nc1ccc(CCN[C@H](CCc2ccccc2)C(=O)N(Cc2ccccc2)[C@@H](C)C(=O)O)cc1. The Morgan fingerprint density at radius 1 is 0.811 bits per heavy atom. The molecule has 0 fully saturated rings. The molecule has 0 heterocycles. The van der Waals surface area contributed by atoms with Gasteiger partial charge in [0.05, 0.1) is 6.04 Å². The summed E-state index contributed by atoms with van der Waals surface area (Å²) in [5, 5.41) is 15.9.